The zero-order valence-corrected chi connectivity index (χ0v) is 19.4. The molecule has 0 aliphatic carbocycles. The third-order valence-electron chi connectivity index (χ3n) is 5.04. The molecule has 1 aromatic carbocycles. The number of rotatable bonds is 12. The van der Waals surface area contributed by atoms with Crippen LogP contribution in [-0.2, 0) is 11.3 Å². The monoisotopic (exact) mass is 478 g/mol. The van der Waals surface area contributed by atoms with Crippen molar-refractivity contribution in [3.8, 4) is 0 Å². The lowest BCUT2D eigenvalue weighted by atomic mass is 10.00. The lowest BCUT2D eigenvalue weighted by Gasteiger charge is -2.19. The molecule has 0 aliphatic heterocycles. The summed E-state index contributed by atoms with van der Waals surface area (Å²) < 4.78 is 13.4. The number of nitrogens with one attached hydrogen (secondary N) is 2. The Morgan fingerprint density at radius 2 is 1.80 bits per heavy atom. The number of carboxylic acid groups (broad SMARTS) is 1. The van der Waals surface area contributed by atoms with Gasteiger partial charge in [0.1, 0.15) is 23.5 Å². The predicted octanol–water partition coefficient (Wildman–Crippen LogP) is 3.67. The van der Waals surface area contributed by atoms with Gasteiger partial charge in [0, 0.05) is 18.7 Å². The van der Waals surface area contributed by atoms with Crippen LogP contribution in [0.4, 0.5) is 4.39 Å². The minimum Gasteiger partial charge on any atom is -0.478 e. The molecule has 1 atom stereocenters. The van der Waals surface area contributed by atoms with E-state index in [1.807, 2.05) is 0 Å². The van der Waals surface area contributed by atoms with Crippen molar-refractivity contribution in [2.75, 3.05) is 0 Å². The van der Waals surface area contributed by atoms with Gasteiger partial charge in [-0.2, -0.15) is 0 Å². The van der Waals surface area contributed by atoms with Gasteiger partial charge < -0.3 is 15.7 Å². The number of hydrogen-bond donors (Lipinski definition) is 3. The molecule has 0 fully saturated rings. The minimum absolute atomic E-state index is 0.00438. The average molecular weight is 479 g/mol. The van der Waals surface area contributed by atoms with Crippen molar-refractivity contribution >= 4 is 17.8 Å². The Morgan fingerprint density at radius 1 is 1.11 bits per heavy atom. The summed E-state index contributed by atoms with van der Waals surface area (Å²) in [7, 11) is 0. The molecule has 2 aromatic rings. The van der Waals surface area contributed by atoms with E-state index < -0.39 is 23.8 Å². The van der Waals surface area contributed by atoms with Crippen LogP contribution in [0.3, 0.4) is 0 Å². The molecular formula is C26H27FN4O4. The highest BCUT2D eigenvalue weighted by atomic mass is 19.1. The molecule has 2 amide bonds. The van der Waals surface area contributed by atoms with Crippen molar-refractivity contribution < 1.29 is 23.9 Å². The lowest BCUT2D eigenvalue weighted by molar-refractivity contribution is -0.131. The molecule has 35 heavy (non-hydrogen) atoms. The smallest absolute Gasteiger partial charge is 0.328 e. The Hall–Kier alpha value is -4.40. The molecule has 2 rings (SSSR count). The first kappa shape index (κ1) is 26.8. The summed E-state index contributed by atoms with van der Waals surface area (Å²) in [6, 6.07) is 5.29. The van der Waals surface area contributed by atoms with Gasteiger partial charge in [-0.1, -0.05) is 49.6 Å². The second-order valence-electron chi connectivity index (χ2n) is 7.73. The van der Waals surface area contributed by atoms with Crippen LogP contribution in [0.25, 0.3) is 0 Å². The maximum atomic E-state index is 13.4. The van der Waals surface area contributed by atoms with Crippen molar-refractivity contribution in [3.63, 3.8) is 0 Å². The van der Waals surface area contributed by atoms with Crippen LogP contribution < -0.4 is 10.6 Å². The zero-order valence-electron chi connectivity index (χ0n) is 19.4. The first-order chi connectivity index (χ1) is 16.6. The largest absolute Gasteiger partial charge is 0.478 e. The van der Waals surface area contributed by atoms with E-state index >= 15 is 0 Å². The number of benzene rings is 1. The Bertz CT molecular complexity index is 1190. The number of amides is 2. The number of carboxylic acids is 1. The van der Waals surface area contributed by atoms with Crippen molar-refractivity contribution in [1.29, 1.82) is 0 Å². The molecule has 0 saturated carbocycles. The summed E-state index contributed by atoms with van der Waals surface area (Å²) in [6.07, 6.45) is 5.80. The molecule has 182 valence electrons. The standard InChI is InChI=1S/C26H27FN4O4/c1-5-17(3)21(10-6-16(2)7-11-24(32)33)31-26(35)23-13-22(29-15-30-23)25(34)28-14-19-8-9-20(27)18(4)12-19/h5,7-9,11-13,15,21H,1-3,6,10,14H2,4H3,(H,28,34)(H,31,35)(H,32,33)/b11-7+. The number of hydrogen-bond acceptors (Lipinski definition) is 5. The van der Waals surface area contributed by atoms with Gasteiger partial charge in [-0.25, -0.2) is 19.2 Å². The van der Waals surface area contributed by atoms with E-state index in [1.165, 1.54) is 24.3 Å². The van der Waals surface area contributed by atoms with Crippen LogP contribution in [0.5, 0.6) is 0 Å². The third-order valence-corrected chi connectivity index (χ3v) is 5.04. The fourth-order valence-electron chi connectivity index (χ4n) is 3.02. The first-order valence-electron chi connectivity index (χ1n) is 10.7. The highest BCUT2D eigenvalue weighted by Gasteiger charge is 2.18. The Balaban J connectivity index is 2.04. The van der Waals surface area contributed by atoms with Crippen LogP contribution in [0.15, 0.2) is 79.7 Å². The van der Waals surface area contributed by atoms with Crippen molar-refractivity contribution in [1.82, 2.24) is 20.6 Å². The topological polar surface area (TPSA) is 121 Å². The molecule has 1 unspecified atom stereocenters. The average Bonchev–Trinajstić information content (AvgIpc) is 2.85. The molecule has 3 N–H and O–H groups in total. The fraction of sp³-hybridized carbons (Fsp3) is 0.192. The molecule has 8 nitrogen and oxygen atoms in total. The van der Waals surface area contributed by atoms with Crippen molar-refractivity contribution in [3.05, 3.63) is 108 Å². The molecule has 9 heteroatoms. The Labute approximate surface area is 203 Å². The van der Waals surface area contributed by atoms with Gasteiger partial charge in [-0.3, -0.25) is 9.59 Å². The number of carbonyl (C=O) groups excluding carboxylic acids is 2. The highest BCUT2D eigenvalue weighted by molar-refractivity contribution is 5.97. The summed E-state index contributed by atoms with van der Waals surface area (Å²) in [5, 5.41) is 14.2. The summed E-state index contributed by atoms with van der Waals surface area (Å²) in [5.41, 5.74) is 2.28. The van der Waals surface area contributed by atoms with E-state index in [4.69, 9.17) is 5.11 Å². The first-order valence-corrected chi connectivity index (χ1v) is 10.7. The third kappa shape index (κ3) is 8.47. The number of aromatic nitrogens is 2. The number of aliphatic carboxylic acids is 1. The summed E-state index contributed by atoms with van der Waals surface area (Å²) in [4.78, 5) is 43.8. The van der Waals surface area contributed by atoms with Gasteiger partial charge in [0.05, 0.1) is 6.04 Å². The quantitative estimate of drug-likeness (QED) is 0.316. The molecule has 0 aliphatic rings. The summed E-state index contributed by atoms with van der Waals surface area (Å²) >= 11 is 0. The molecular weight excluding hydrogens is 451 g/mol. The van der Waals surface area contributed by atoms with E-state index in [-0.39, 0.29) is 23.7 Å². The van der Waals surface area contributed by atoms with E-state index in [0.717, 1.165) is 18.0 Å². The van der Waals surface area contributed by atoms with Gasteiger partial charge in [0.25, 0.3) is 11.8 Å². The van der Waals surface area contributed by atoms with Gasteiger partial charge in [0.2, 0.25) is 0 Å². The van der Waals surface area contributed by atoms with Crippen LogP contribution in [-0.4, -0.2) is 38.9 Å². The highest BCUT2D eigenvalue weighted by Crippen LogP contribution is 2.14. The van der Waals surface area contributed by atoms with Gasteiger partial charge in [0.15, 0.2) is 0 Å². The van der Waals surface area contributed by atoms with Crippen LogP contribution in [0, 0.1) is 12.7 Å². The lowest BCUT2D eigenvalue weighted by Crippen LogP contribution is -2.36. The molecule has 0 spiro atoms. The Morgan fingerprint density at radius 3 is 2.43 bits per heavy atom. The second kappa shape index (κ2) is 12.7. The van der Waals surface area contributed by atoms with Gasteiger partial charge >= 0.3 is 5.97 Å². The number of allylic oxidation sites excluding steroid dienone is 2. The van der Waals surface area contributed by atoms with Crippen LogP contribution >= 0.6 is 0 Å². The molecule has 1 heterocycles. The maximum absolute atomic E-state index is 13.4. The SMILES string of the molecule is C=CC(=C)C(CCC(=C)/C=C/C(=O)O)NC(=O)c1cc(C(=O)NCc2ccc(F)c(C)c2)ncn1. The van der Waals surface area contributed by atoms with Gasteiger partial charge in [-0.05, 0) is 42.5 Å². The van der Waals surface area contributed by atoms with Crippen molar-refractivity contribution in [2.24, 2.45) is 0 Å². The maximum Gasteiger partial charge on any atom is 0.328 e. The van der Waals surface area contributed by atoms with Crippen molar-refractivity contribution in [2.45, 2.75) is 32.4 Å². The molecule has 1 aromatic heterocycles. The molecule has 0 radical (unpaired) electrons. The van der Waals surface area contributed by atoms with Crippen LogP contribution in [0.2, 0.25) is 0 Å². The Kier molecular flexibility index (Phi) is 9.77. The summed E-state index contributed by atoms with van der Waals surface area (Å²) in [6.45, 7) is 13.2. The number of carbonyl (C=O) groups is 3. The number of nitrogens with zero attached hydrogens (tertiary/aromatic N) is 2. The predicted molar refractivity (Wildman–Crippen MR) is 130 cm³/mol. The number of halogens is 1. The molecule has 0 saturated heterocycles. The van der Waals surface area contributed by atoms with E-state index in [2.05, 4.69) is 40.3 Å². The second-order valence-corrected chi connectivity index (χ2v) is 7.73. The van der Waals surface area contributed by atoms with E-state index in [9.17, 15) is 18.8 Å². The fourth-order valence-corrected chi connectivity index (χ4v) is 3.02. The van der Waals surface area contributed by atoms with Gasteiger partial charge in [-0.15, -0.1) is 0 Å². The van der Waals surface area contributed by atoms with Crippen LogP contribution in [0.1, 0.15) is 44.9 Å². The minimum atomic E-state index is -1.08. The van der Waals surface area contributed by atoms with E-state index in [0.29, 0.717) is 29.6 Å². The molecule has 0 bridgehead atoms. The van der Waals surface area contributed by atoms with E-state index in [1.54, 1.807) is 19.1 Å². The normalized spacial score (nSPS) is 11.5. The summed E-state index contributed by atoms with van der Waals surface area (Å²) in [5.74, 6) is -2.47. The number of aryl methyl sites for hydroxylation is 1. The zero-order chi connectivity index (χ0) is 26.0.